The third kappa shape index (κ3) is 5.07. The van der Waals surface area contributed by atoms with Crippen LogP contribution in [0.15, 0.2) is 30.3 Å². The highest BCUT2D eigenvalue weighted by atomic mass is 16.5. The highest BCUT2D eigenvalue weighted by molar-refractivity contribution is 5.94. The van der Waals surface area contributed by atoms with Crippen molar-refractivity contribution in [2.45, 2.75) is 64.2 Å². The lowest BCUT2D eigenvalue weighted by atomic mass is 9.79. The van der Waals surface area contributed by atoms with Gasteiger partial charge in [-0.05, 0) is 68.3 Å². The SMILES string of the molecule is CC1(C)CC(=O)Nc2nc(OCCCCN3CCN(c4cccc5c4CCCC5)CC3)ccc21. The van der Waals surface area contributed by atoms with E-state index in [0.29, 0.717) is 24.7 Å². The number of anilines is 2. The number of ether oxygens (including phenoxy) is 1. The van der Waals surface area contributed by atoms with Crippen LogP contribution in [0.5, 0.6) is 5.88 Å². The van der Waals surface area contributed by atoms with E-state index in [1.807, 2.05) is 12.1 Å². The number of hydrogen-bond acceptors (Lipinski definition) is 5. The standard InChI is InChI=1S/C28H38N4O2/c1-28(2)20-25(33)29-27-23(28)12-13-26(30-27)34-19-6-5-14-31-15-17-32(18-16-31)24-11-7-9-21-8-3-4-10-22(21)24/h7,9,11-13H,3-6,8,10,14-20H2,1-2H3,(H,29,30,33). The fourth-order valence-electron chi connectivity index (χ4n) is 5.72. The Bertz CT molecular complexity index is 1030. The van der Waals surface area contributed by atoms with Gasteiger partial charge in [0, 0.05) is 55.3 Å². The molecule has 1 saturated heterocycles. The van der Waals surface area contributed by atoms with E-state index in [0.717, 1.165) is 51.1 Å². The van der Waals surface area contributed by atoms with E-state index >= 15 is 0 Å². The number of amides is 1. The largest absolute Gasteiger partial charge is 0.478 e. The third-order valence-corrected chi connectivity index (χ3v) is 7.66. The van der Waals surface area contributed by atoms with Gasteiger partial charge in [0.2, 0.25) is 11.8 Å². The number of hydrogen-bond donors (Lipinski definition) is 1. The van der Waals surface area contributed by atoms with E-state index in [1.54, 1.807) is 11.1 Å². The molecule has 1 aromatic heterocycles. The zero-order chi connectivity index (χ0) is 23.5. The van der Waals surface area contributed by atoms with Gasteiger partial charge in [0.05, 0.1) is 6.61 Å². The molecule has 0 radical (unpaired) electrons. The topological polar surface area (TPSA) is 57.7 Å². The van der Waals surface area contributed by atoms with E-state index in [1.165, 1.54) is 31.4 Å². The third-order valence-electron chi connectivity index (χ3n) is 7.66. The number of aromatic nitrogens is 1. The lowest BCUT2D eigenvalue weighted by molar-refractivity contribution is -0.117. The summed E-state index contributed by atoms with van der Waals surface area (Å²) in [6, 6.07) is 10.9. The van der Waals surface area contributed by atoms with Crippen LogP contribution in [0.1, 0.15) is 62.6 Å². The Morgan fingerprint density at radius 1 is 1.03 bits per heavy atom. The molecule has 2 aliphatic heterocycles. The molecule has 1 fully saturated rings. The summed E-state index contributed by atoms with van der Waals surface area (Å²) in [6.45, 7) is 10.4. The normalized spacial score (nSPS) is 19.8. The number of nitrogens with zero attached hydrogens (tertiary/aromatic N) is 3. The van der Waals surface area contributed by atoms with Crippen LogP contribution in [-0.4, -0.2) is 55.1 Å². The highest BCUT2D eigenvalue weighted by Gasteiger charge is 2.33. The van der Waals surface area contributed by atoms with Crippen molar-refractivity contribution in [3.05, 3.63) is 47.0 Å². The van der Waals surface area contributed by atoms with Gasteiger partial charge in [0.25, 0.3) is 0 Å². The number of carbonyl (C=O) groups excluding carboxylic acids is 1. The van der Waals surface area contributed by atoms with E-state index in [4.69, 9.17) is 4.74 Å². The Labute approximate surface area is 203 Å². The van der Waals surface area contributed by atoms with E-state index < -0.39 is 0 Å². The zero-order valence-electron chi connectivity index (χ0n) is 20.7. The number of fused-ring (bicyclic) bond motifs is 2. The Balaban J connectivity index is 1.04. The average molecular weight is 463 g/mol. The molecular weight excluding hydrogens is 424 g/mol. The van der Waals surface area contributed by atoms with Crippen molar-refractivity contribution in [2.75, 3.05) is 49.5 Å². The minimum Gasteiger partial charge on any atom is -0.478 e. The zero-order valence-corrected chi connectivity index (χ0v) is 20.7. The summed E-state index contributed by atoms with van der Waals surface area (Å²) >= 11 is 0. The van der Waals surface area contributed by atoms with Crippen LogP contribution < -0.4 is 15.0 Å². The molecule has 0 saturated carbocycles. The molecule has 6 heteroatoms. The summed E-state index contributed by atoms with van der Waals surface area (Å²) < 4.78 is 5.90. The minimum atomic E-state index is -0.187. The molecule has 6 nitrogen and oxygen atoms in total. The number of nitrogens with one attached hydrogen (secondary N) is 1. The Morgan fingerprint density at radius 2 is 1.85 bits per heavy atom. The Morgan fingerprint density at radius 3 is 2.71 bits per heavy atom. The van der Waals surface area contributed by atoms with E-state index in [2.05, 4.69) is 52.1 Å². The first-order chi connectivity index (χ1) is 16.5. The molecule has 0 atom stereocenters. The number of unbranched alkanes of at least 4 members (excludes halogenated alkanes) is 1. The van der Waals surface area contributed by atoms with Crippen molar-refractivity contribution < 1.29 is 9.53 Å². The predicted molar refractivity (Wildman–Crippen MR) is 137 cm³/mol. The number of benzene rings is 1. The lowest BCUT2D eigenvalue weighted by Crippen LogP contribution is -2.47. The molecule has 1 aliphatic carbocycles. The highest BCUT2D eigenvalue weighted by Crippen LogP contribution is 2.37. The van der Waals surface area contributed by atoms with Gasteiger partial charge in [0.15, 0.2) is 0 Å². The van der Waals surface area contributed by atoms with Crippen LogP contribution in [0.25, 0.3) is 0 Å². The van der Waals surface area contributed by atoms with Crippen molar-refractivity contribution >= 4 is 17.4 Å². The fraction of sp³-hybridized carbons (Fsp3) is 0.571. The fourth-order valence-corrected chi connectivity index (χ4v) is 5.72. The summed E-state index contributed by atoms with van der Waals surface area (Å²) in [7, 11) is 0. The average Bonchev–Trinajstić information content (AvgIpc) is 2.83. The van der Waals surface area contributed by atoms with Crippen LogP contribution in [0.3, 0.4) is 0 Å². The molecule has 0 bridgehead atoms. The molecule has 0 spiro atoms. The Hall–Kier alpha value is -2.60. The molecule has 182 valence electrons. The van der Waals surface area contributed by atoms with Crippen molar-refractivity contribution in [1.29, 1.82) is 0 Å². The lowest BCUT2D eigenvalue weighted by Gasteiger charge is -2.38. The van der Waals surface area contributed by atoms with Crippen LogP contribution >= 0.6 is 0 Å². The van der Waals surface area contributed by atoms with Crippen LogP contribution in [0, 0.1) is 0 Å². The number of carbonyl (C=O) groups is 1. The number of aryl methyl sites for hydroxylation is 1. The van der Waals surface area contributed by atoms with Crippen molar-refractivity contribution in [2.24, 2.45) is 0 Å². The van der Waals surface area contributed by atoms with Gasteiger partial charge >= 0.3 is 0 Å². The summed E-state index contributed by atoms with van der Waals surface area (Å²) in [6.07, 6.45) is 7.78. The van der Waals surface area contributed by atoms with E-state index in [-0.39, 0.29) is 11.3 Å². The summed E-state index contributed by atoms with van der Waals surface area (Å²) in [5.41, 5.74) is 5.56. The van der Waals surface area contributed by atoms with Gasteiger partial charge in [-0.2, -0.15) is 4.98 Å². The second-order valence-electron chi connectivity index (χ2n) is 10.7. The molecule has 3 heterocycles. The molecular formula is C28H38N4O2. The maximum Gasteiger partial charge on any atom is 0.226 e. The molecule has 1 amide bonds. The number of piperazine rings is 1. The Kier molecular flexibility index (Phi) is 6.77. The van der Waals surface area contributed by atoms with Gasteiger partial charge in [0.1, 0.15) is 5.82 Å². The van der Waals surface area contributed by atoms with Gasteiger partial charge in [-0.1, -0.05) is 26.0 Å². The van der Waals surface area contributed by atoms with Crippen molar-refractivity contribution in [3.8, 4) is 5.88 Å². The molecule has 1 N–H and O–H groups in total. The first kappa shape index (κ1) is 23.2. The first-order valence-electron chi connectivity index (χ1n) is 13.0. The smallest absolute Gasteiger partial charge is 0.226 e. The molecule has 2 aromatic rings. The summed E-state index contributed by atoms with van der Waals surface area (Å²) in [5, 5.41) is 2.89. The summed E-state index contributed by atoms with van der Waals surface area (Å²) in [4.78, 5) is 21.7. The van der Waals surface area contributed by atoms with Crippen LogP contribution in [0.4, 0.5) is 11.5 Å². The summed E-state index contributed by atoms with van der Waals surface area (Å²) in [5.74, 6) is 1.27. The van der Waals surface area contributed by atoms with Crippen molar-refractivity contribution in [1.82, 2.24) is 9.88 Å². The molecule has 34 heavy (non-hydrogen) atoms. The van der Waals surface area contributed by atoms with Crippen LogP contribution in [-0.2, 0) is 23.1 Å². The maximum atomic E-state index is 12.0. The second kappa shape index (κ2) is 9.95. The van der Waals surface area contributed by atoms with Gasteiger partial charge in [-0.25, -0.2) is 0 Å². The second-order valence-corrected chi connectivity index (χ2v) is 10.7. The number of pyridine rings is 1. The van der Waals surface area contributed by atoms with E-state index in [9.17, 15) is 4.79 Å². The molecule has 5 rings (SSSR count). The molecule has 0 unspecified atom stereocenters. The van der Waals surface area contributed by atoms with Crippen LogP contribution in [0.2, 0.25) is 0 Å². The monoisotopic (exact) mass is 462 g/mol. The molecule has 1 aromatic carbocycles. The van der Waals surface area contributed by atoms with Crippen molar-refractivity contribution in [3.63, 3.8) is 0 Å². The first-order valence-corrected chi connectivity index (χ1v) is 13.0. The maximum absolute atomic E-state index is 12.0. The van der Waals surface area contributed by atoms with Gasteiger partial charge in [-0.15, -0.1) is 0 Å². The molecule has 3 aliphatic rings. The minimum absolute atomic E-state index is 0.0226. The number of rotatable bonds is 7. The predicted octanol–water partition coefficient (Wildman–Crippen LogP) is 4.56. The van der Waals surface area contributed by atoms with Gasteiger partial charge in [-0.3, -0.25) is 9.69 Å². The van der Waals surface area contributed by atoms with Gasteiger partial charge < -0.3 is 15.0 Å². The quantitative estimate of drug-likeness (QED) is 0.611.